The third-order valence-electron chi connectivity index (χ3n) is 5.58. The molecular formula is C25H21FN6O. The molecule has 0 radical (unpaired) electrons. The third kappa shape index (κ3) is 4.69. The number of hydrogen-bond donors (Lipinski definition) is 1. The molecule has 3 aromatic heterocycles. The molecule has 33 heavy (non-hydrogen) atoms. The molecule has 1 aliphatic rings. The molecule has 0 spiro atoms. The number of anilines is 2. The zero-order valence-corrected chi connectivity index (χ0v) is 17.7. The van der Waals surface area contributed by atoms with Crippen LogP contribution in [0.3, 0.4) is 0 Å². The van der Waals surface area contributed by atoms with E-state index in [0.717, 1.165) is 17.7 Å². The number of likely N-dealkylation sites (tertiary alicyclic amines) is 1. The number of rotatable bonds is 5. The zero-order valence-electron chi connectivity index (χ0n) is 17.7. The SMILES string of the molecule is O=C(c1ccncc1)N1CC[C@H](c2nc(Nc3cccc(F)c3)cc(-c3ccncc3)n2)C1. The Morgan fingerprint density at radius 3 is 2.48 bits per heavy atom. The molecule has 1 amide bonds. The van der Waals surface area contributed by atoms with Crippen molar-refractivity contribution < 1.29 is 9.18 Å². The first-order valence-corrected chi connectivity index (χ1v) is 10.7. The lowest BCUT2D eigenvalue weighted by atomic mass is 10.1. The zero-order chi connectivity index (χ0) is 22.6. The number of halogens is 1. The summed E-state index contributed by atoms with van der Waals surface area (Å²) in [5.41, 5.74) is 2.85. The Labute approximate surface area is 190 Å². The molecular weight excluding hydrogens is 419 g/mol. The molecule has 1 aromatic carbocycles. The minimum atomic E-state index is -0.329. The van der Waals surface area contributed by atoms with Crippen LogP contribution in [-0.4, -0.2) is 43.8 Å². The van der Waals surface area contributed by atoms with Crippen molar-refractivity contribution in [1.29, 1.82) is 0 Å². The molecule has 1 aliphatic heterocycles. The maximum Gasteiger partial charge on any atom is 0.253 e. The predicted octanol–water partition coefficient (Wildman–Crippen LogP) is 4.45. The highest BCUT2D eigenvalue weighted by Gasteiger charge is 2.30. The highest BCUT2D eigenvalue weighted by Crippen LogP contribution is 2.30. The smallest absolute Gasteiger partial charge is 0.253 e. The van der Waals surface area contributed by atoms with Crippen molar-refractivity contribution in [1.82, 2.24) is 24.8 Å². The summed E-state index contributed by atoms with van der Waals surface area (Å²) in [6.45, 7) is 1.15. The fourth-order valence-corrected chi connectivity index (χ4v) is 3.93. The number of hydrogen-bond acceptors (Lipinski definition) is 6. The average molecular weight is 440 g/mol. The highest BCUT2D eigenvalue weighted by molar-refractivity contribution is 5.94. The molecule has 0 bridgehead atoms. The number of aromatic nitrogens is 4. The summed E-state index contributed by atoms with van der Waals surface area (Å²) in [7, 11) is 0. The molecule has 1 saturated heterocycles. The second-order valence-corrected chi connectivity index (χ2v) is 7.84. The van der Waals surface area contributed by atoms with E-state index in [9.17, 15) is 9.18 Å². The van der Waals surface area contributed by atoms with E-state index in [1.807, 2.05) is 23.1 Å². The molecule has 4 aromatic rings. The van der Waals surface area contributed by atoms with Crippen molar-refractivity contribution in [3.8, 4) is 11.3 Å². The van der Waals surface area contributed by atoms with Crippen molar-refractivity contribution >= 4 is 17.4 Å². The summed E-state index contributed by atoms with van der Waals surface area (Å²) < 4.78 is 13.7. The van der Waals surface area contributed by atoms with Crippen molar-refractivity contribution in [2.75, 3.05) is 18.4 Å². The summed E-state index contributed by atoms with van der Waals surface area (Å²) in [6.07, 6.45) is 7.41. The van der Waals surface area contributed by atoms with E-state index in [2.05, 4.69) is 15.3 Å². The Bertz CT molecular complexity index is 1270. The summed E-state index contributed by atoms with van der Waals surface area (Å²) in [6, 6.07) is 15.3. The summed E-state index contributed by atoms with van der Waals surface area (Å²) in [5, 5.41) is 3.18. The van der Waals surface area contributed by atoms with Gasteiger partial charge < -0.3 is 10.2 Å². The monoisotopic (exact) mass is 440 g/mol. The fraction of sp³-hybridized carbons (Fsp3) is 0.160. The van der Waals surface area contributed by atoms with Crippen LogP contribution in [0.5, 0.6) is 0 Å². The lowest BCUT2D eigenvalue weighted by molar-refractivity contribution is 0.0790. The van der Waals surface area contributed by atoms with Gasteiger partial charge in [-0.15, -0.1) is 0 Å². The molecule has 0 unspecified atom stereocenters. The second kappa shape index (κ2) is 9.12. The number of pyridine rings is 2. The van der Waals surface area contributed by atoms with Gasteiger partial charge in [-0.1, -0.05) is 6.07 Å². The van der Waals surface area contributed by atoms with Gasteiger partial charge in [0.1, 0.15) is 17.5 Å². The molecule has 1 fully saturated rings. The minimum Gasteiger partial charge on any atom is -0.340 e. The van der Waals surface area contributed by atoms with Crippen LogP contribution in [0.1, 0.15) is 28.5 Å². The molecule has 1 atom stereocenters. The van der Waals surface area contributed by atoms with E-state index in [4.69, 9.17) is 9.97 Å². The van der Waals surface area contributed by atoms with E-state index < -0.39 is 0 Å². The lowest BCUT2D eigenvalue weighted by Crippen LogP contribution is -2.28. The molecule has 1 N–H and O–H groups in total. The Kier molecular flexibility index (Phi) is 5.72. The van der Waals surface area contributed by atoms with Gasteiger partial charge in [-0.25, -0.2) is 14.4 Å². The normalized spacial score (nSPS) is 15.4. The van der Waals surface area contributed by atoms with Crippen LogP contribution in [0.2, 0.25) is 0 Å². The number of amides is 1. The molecule has 164 valence electrons. The summed E-state index contributed by atoms with van der Waals surface area (Å²) >= 11 is 0. The van der Waals surface area contributed by atoms with Gasteiger partial charge in [0.05, 0.1) is 5.69 Å². The van der Waals surface area contributed by atoms with Crippen LogP contribution in [0.25, 0.3) is 11.3 Å². The summed E-state index contributed by atoms with van der Waals surface area (Å²) in [4.78, 5) is 32.3. The number of carbonyl (C=O) groups is 1. The molecule has 7 nitrogen and oxygen atoms in total. The van der Waals surface area contributed by atoms with Gasteiger partial charge >= 0.3 is 0 Å². The average Bonchev–Trinajstić information content (AvgIpc) is 3.35. The van der Waals surface area contributed by atoms with Crippen LogP contribution in [0.4, 0.5) is 15.9 Å². The Morgan fingerprint density at radius 2 is 1.73 bits per heavy atom. The fourth-order valence-electron chi connectivity index (χ4n) is 3.93. The van der Waals surface area contributed by atoms with Crippen LogP contribution in [0, 0.1) is 5.82 Å². The number of nitrogens with zero attached hydrogens (tertiary/aromatic N) is 5. The lowest BCUT2D eigenvalue weighted by Gasteiger charge is -2.17. The van der Waals surface area contributed by atoms with Gasteiger partial charge in [-0.05, 0) is 48.9 Å². The van der Waals surface area contributed by atoms with E-state index in [-0.39, 0.29) is 17.6 Å². The Morgan fingerprint density at radius 1 is 0.970 bits per heavy atom. The van der Waals surface area contributed by atoms with Gasteiger partial charge in [-0.3, -0.25) is 14.8 Å². The topological polar surface area (TPSA) is 83.9 Å². The maximum absolute atomic E-state index is 13.7. The first-order valence-electron chi connectivity index (χ1n) is 10.7. The van der Waals surface area contributed by atoms with E-state index >= 15 is 0 Å². The van der Waals surface area contributed by atoms with E-state index in [0.29, 0.717) is 36.0 Å². The van der Waals surface area contributed by atoms with Gasteiger partial charge in [0.15, 0.2) is 0 Å². The second-order valence-electron chi connectivity index (χ2n) is 7.84. The number of nitrogens with one attached hydrogen (secondary N) is 1. The van der Waals surface area contributed by atoms with Gasteiger partial charge in [-0.2, -0.15) is 0 Å². The summed E-state index contributed by atoms with van der Waals surface area (Å²) in [5.74, 6) is 0.850. The van der Waals surface area contributed by atoms with Gasteiger partial charge in [0.2, 0.25) is 0 Å². The number of benzene rings is 1. The molecule has 4 heterocycles. The Hall–Kier alpha value is -4.20. The molecule has 8 heteroatoms. The molecule has 0 saturated carbocycles. The molecule has 5 rings (SSSR count). The standard InChI is InChI=1S/C25H21FN6O/c26-20-2-1-3-21(14-20)29-23-15-22(17-4-9-27-10-5-17)30-24(31-23)19-8-13-32(16-19)25(33)18-6-11-28-12-7-18/h1-7,9-12,14-15,19H,8,13,16H2,(H,29,30,31)/t19-/m0/s1. The Balaban J connectivity index is 1.44. The van der Waals surface area contributed by atoms with Crippen LogP contribution in [-0.2, 0) is 0 Å². The molecule has 0 aliphatic carbocycles. The van der Waals surface area contributed by atoms with Crippen LogP contribution >= 0.6 is 0 Å². The quantitative estimate of drug-likeness (QED) is 0.494. The van der Waals surface area contributed by atoms with Gasteiger partial charge in [0.25, 0.3) is 5.91 Å². The predicted molar refractivity (Wildman–Crippen MR) is 122 cm³/mol. The largest absolute Gasteiger partial charge is 0.340 e. The van der Waals surface area contributed by atoms with Crippen molar-refractivity contribution in [3.05, 3.63) is 96.6 Å². The third-order valence-corrected chi connectivity index (χ3v) is 5.58. The number of carbonyl (C=O) groups excluding carboxylic acids is 1. The van der Waals surface area contributed by atoms with Crippen molar-refractivity contribution in [3.63, 3.8) is 0 Å². The van der Waals surface area contributed by atoms with E-state index in [1.54, 1.807) is 49.1 Å². The van der Waals surface area contributed by atoms with Crippen LogP contribution < -0.4 is 5.32 Å². The first-order chi connectivity index (χ1) is 16.2. The highest BCUT2D eigenvalue weighted by atomic mass is 19.1. The van der Waals surface area contributed by atoms with Crippen molar-refractivity contribution in [2.24, 2.45) is 0 Å². The van der Waals surface area contributed by atoms with E-state index in [1.165, 1.54) is 12.1 Å². The van der Waals surface area contributed by atoms with Gasteiger partial charge in [0, 0.05) is 66.7 Å². The van der Waals surface area contributed by atoms with Crippen molar-refractivity contribution in [2.45, 2.75) is 12.3 Å². The maximum atomic E-state index is 13.7. The van der Waals surface area contributed by atoms with Crippen LogP contribution in [0.15, 0.2) is 79.4 Å². The minimum absolute atomic E-state index is 0.00867. The first kappa shape index (κ1) is 20.7.